The van der Waals surface area contributed by atoms with Gasteiger partial charge in [0.1, 0.15) is 5.52 Å². The molecule has 0 radical (unpaired) electrons. The Bertz CT molecular complexity index is 1090. The third-order valence-electron chi connectivity index (χ3n) is 4.91. The lowest BCUT2D eigenvalue weighted by atomic mass is 10.1. The number of aromatic nitrogens is 4. The van der Waals surface area contributed by atoms with Gasteiger partial charge in [0.05, 0.1) is 24.8 Å². The van der Waals surface area contributed by atoms with Gasteiger partial charge in [-0.05, 0) is 31.2 Å². The van der Waals surface area contributed by atoms with E-state index in [1.54, 1.807) is 6.20 Å². The van der Waals surface area contributed by atoms with E-state index in [1.165, 1.54) is 0 Å². The molecule has 5 rings (SSSR count). The second-order valence-electron chi connectivity index (χ2n) is 6.60. The van der Waals surface area contributed by atoms with Crippen molar-refractivity contribution in [2.24, 2.45) is 0 Å². The molecule has 0 spiro atoms. The summed E-state index contributed by atoms with van der Waals surface area (Å²) in [5.74, 6) is 1.61. The van der Waals surface area contributed by atoms with E-state index in [2.05, 4.69) is 40.0 Å². The van der Waals surface area contributed by atoms with Crippen molar-refractivity contribution in [3.8, 4) is 11.4 Å². The van der Waals surface area contributed by atoms with Crippen molar-refractivity contribution in [2.75, 3.05) is 24.7 Å². The summed E-state index contributed by atoms with van der Waals surface area (Å²) in [5.41, 5.74) is 3.81. The number of morpholine rings is 1. The smallest absolute Gasteiger partial charge is 0.162 e. The van der Waals surface area contributed by atoms with E-state index >= 15 is 0 Å². The fraction of sp³-hybridized carbons (Fsp3) is 0.250. The topological polar surface area (TPSA) is 66.9 Å². The Balaban J connectivity index is 1.76. The number of pyridine rings is 1. The molecule has 0 aliphatic carbocycles. The highest BCUT2D eigenvalue weighted by atomic mass is 16.5. The number of nitrogens with one attached hydrogen (secondary N) is 1. The number of benzene rings is 1. The molecule has 1 aromatic carbocycles. The SMILES string of the molecule is C[C@@H]1COCCN1c1nc(-c2cccc3[nH]ccc23)nc2cccnc12. The zero-order chi connectivity index (χ0) is 17.5. The highest BCUT2D eigenvalue weighted by Gasteiger charge is 2.24. The van der Waals surface area contributed by atoms with E-state index in [1.807, 2.05) is 24.4 Å². The number of aromatic amines is 1. The van der Waals surface area contributed by atoms with Crippen LogP contribution in [0.5, 0.6) is 0 Å². The first-order valence-electron chi connectivity index (χ1n) is 8.85. The molecule has 1 saturated heterocycles. The van der Waals surface area contributed by atoms with Gasteiger partial charge in [-0.15, -0.1) is 0 Å². The van der Waals surface area contributed by atoms with Crippen LogP contribution in [0, 0.1) is 0 Å². The van der Waals surface area contributed by atoms with Gasteiger partial charge >= 0.3 is 0 Å². The molecule has 6 heteroatoms. The fourth-order valence-corrected chi connectivity index (χ4v) is 3.59. The van der Waals surface area contributed by atoms with Crippen LogP contribution in [-0.2, 0) is 4.74 Å². The Labute approximate surface area is 150 Å². The summed E-state index contributed by atoms with van der Waals surface area (Å²) in [7, 11) is 0. The zero-order valence-electron chi connectivity index (χ0n) is 14.5. The van der Waals surface area contributed by atoms with E-state index in [9.17, 15) is 0 Å². The van der Waals surface area contributed by atoms with Crippen molar-refractivity contribution in [2.45, 2.75) is 13.0 Å². The summed E-state index contributed by atoms with van der Waals surface area (Å²) in [6.07, 6.45) is 3.74. The Kier molecular flexibility index (Phi) is 3.57. The first kappa shape index (κ1) is 15.3. The van der Waals surface area contributed by atoms with Gasteiger partial charge in [0.2, 0.25) is 0 Å². The molecule has 1 fully saturated rings. The van der Waals surface area contributed by atoms with Crippen molar-refractivity contribution >= 4 is 27.8 Å². The molecule has 0 unspecified atom stereocenters. The van der Waals surface area contributed by atoms with Crippen LogP contribution in [0.3, 0.4) is 0 Å². The Morgan fingerprint density at radius 3 is 3.04 bits per heavy atom. The lowest BCUT2D eigenvalue weighted by Crippen LogP contribution is -2.44. The van der Waals surface area contributed by atoms with Gasteiger partial charge in [-0.1, -0.05) is 12.1 Å². The van der Waals surface area contributed by atoms with Crippen molar-refractivity contribution in [1.29, 1.82) is 0 Å². The Morgan fingerprint density at radius 1 is 1.15 bits per heavy atom. The summed E-state index contributed by atoms with van der Waals surface area (Å²) in [6.45, 7) is 4.35. The zero-order valence-corrected chi connectivity index (χ0v) is 14.5. The number of ether oxygens (including phenoxy) is 1. The van der Waals surface area contributed by atoms with Gasteiger partial charge in [-0.3, -0.25) is 4.98 Å². The number of hydrogen-bond donors (Lipinski definition) is 1. The molecule has 1 aliphatic heterocycles. The molecule has 26 heavy (non-hydrogen) atoms. The molecule has 3 aromatic heterocycles. The van der Waals surface area contributed by atoms with Crippen LogP contribution in [0.15, 0.2) is 48.8 Å². The summed E-state index contributed by atoms with van der Waals surface area (Å²) in [6, 6.07) is 12.4. The number of rotatable bonds is 2. The predicted octanol–water partition coefficient (Wildman–Crippen LogP) is 3.40. The van der Waals surface area contributed by atoms with Crippen molar-refractivity contribution < 1.29 is 4.74 Å². The quantitative estimate of drug-likeness (QED) is 0.603. The second kappa shape index (κ2) is 6.07. The number of hydrogen-bond acceptors (Lipinski definition) is 5. The standard InChI is InChI=1S/C20H19N5O/c1-13-12-26-11-10-25(13)20-18-17(6-3-8-22-18)23-19(24-20)15-4-2-5-16-14(15)7-9-21-16/h2-9,13,21H,10-12H2,1H3/t13-/m1/s1. The molecule has 6 nitrogen and oxygen atoms in total. The third kappa shape index (κ3) is 2.42. The molecule has 130 valence electrons. The van der Waals surface area contributed by atoms with E-state index in [-0.39, 0.29) is 6.04 Å². The molecule has 1 atom stereocenters. The maximum atomic E-state index is 5.60. The number of anilines is 1. The minimum atomic E-state index is 0.250. The van der Waals surface area contributed by atoms with Crippen molar-refractivity contribution in [3.05, 3.63) is 48.8 Å². The van der Waals surface area contributed by atoms with E-state index < -0.39 is 0 Å². The molecule has 1 N–H and O–H groups in total. The second-order valence-corrected chi connectivity index (χ2v) is 6.60. The summed E-state index contributed by atoms with van der Waals surface area (Å²) in [5, 5.41) is 1.12. The lowest BCUT2D eigenvalue weighted by molar-refractivity contribution is 0.0987. The van der Waals surface area contributed by atoms with Crippen molar-refractivity contribution in [3.63, 3.8) is 0 Å². The van der Waals surface area contributed by atoms with Crippen LogP contribution in [0.2, 0.25) is 0 Å². The maximum absolute atomic E-state index is 5.60. The molecule has 4 heterocycles. The van der Waals surface area contributed by atoms with Gasteiger partial charge in [-0.25, -0.2) is 9.97 Å². The van der Waals surface area contributed by atoms with E-state index in [0.29, 0.717) is 13.2 Å². The molecule has 1 aliphatic rings. The summed E-state index contributed by atoms with van der Waals surface area (Å²) in [4.78, 5) is 19.9. The molecular weight excluding hydrogens is 326 g/mol. The molecule has 0 bridgehead atoms. The van der Waals surface area contributed by atoms with Gasteiger partial charge in [-0.2, -0.15) is 0 Å². The first-order chi connectivity index (χ1) is 12.8. The van der Waals surface area contributed by atoms with Crippen LogP contribution >= 0.6 is 0 Å². The lowest BCUT2D eigenvalue weighted by Gasteiger charge is -2.34. The average molecular weight is 345 g/mol. The third-order valence-corrected chi connectivity index (χ3v) is 4.91. The Hall–Kier alpha value is -2.99. The van der Waals surface area contributed by atoms with E-state index in [4.69, 9.17) is 14.7 Å². The fourth-order valence-electron chi connectivity index (χ4n) is 3.59. The van der Waals surface area contributed by atoms with Gasteiger partial charge < -0.3 is 14.6 Å². The normalized spacial score (nSPS) is 17.9. The largest absolute Gasteiger partial charge is 0.377 e. The first-order valence-corrected chi connectivity index (χ1v) is 8.85. The van der Waals surface area contributed by atoms with Crippen LogP contribution in [-0.4, -0.2) is 45.7 Å². The summed E-state index contributed by atoms with van der Waals surface area (Å²) >= 11 is 0. The highest BCUT2D eigenvalue weighted by Crippen LogP contribution is 2.31. The van der Waals surface area contributed by atoms with Crippen LogP contribution in [0.25, 0.3) is 33.3 Å². The molecule has 4 aromatic rings. The minimum Gasteiger partial charge on any atom is -0.377 e. The monoisotopic (exact) mass is 345 g/mol. The molecular formula is C20H19N5O. The molecule has 0 saturated carbocycles. The van der Waals surface area contributed by atoms with Gasteiger partial charge in [0.25, 0.3) is 0 Å². The molecule has 0 amide bonds. The van der Waals surface area contributed by atoms with Crippen LogP contribution in [0.1, 0.15) is 6.92 Å². The minimum absolute atomic E-state index is 0.250. The number of fused-ring (bicyclic) bond motifs is 2. The van der Waals surface area contributed by atoms with Gasteiger partial charge in [0, 0.05) is 35.4 Å². The predicted molar refractivity (Wildman–Crippen MR) is 102 cm³/mol. The van der Waals surface area contributed by atoms with Crippen LogP contribution in [0.4, 0.5) is 5.82 Å². The van der Waals surface area contributed by atoms with Crippen molar-refractivity contribution in [1.82, 2.24) is 19.9 Å². The van der Waals surface area contributed by atoms with Gasteiger partial charge in [0.15, 0.2) is 11.6 Å². The van der Waals surface area contributed by atoms with E-state index in [0.717, 1.165) is 45.7 Å². The summed E-state index contributed by atoms with van der Waals surface area (Å²) < 4.78 is 5.60. The number of H-pyrrole nitrogens is 1. The maximum Gasteiger partial charge on any atom is 0.162 e. The number of nitrogens with zero attached hydrogens (tertiary/aromatic N) is 4. The van der Waals surface area contributed by atoms with Crippen LogP contribution < -0.4 is 4.90 Å². The Morgan fingerprint density at radius 2 is 2.12 bits per heavy atom. The highest BCUT2D eigenvalue weighted by molar-refractivity contribution is 5.95. The average Bonchev–Trinajstić information content (AvgIpc) is 3.16.